The fourth-order valence-corrected chi connectivity index (χ4v) is 2.79. The van der Waals surface area contributed by atoms with Crippen molar-refractivity contribution in [3.63, 3.8) is 0 Å². The summed E-state index contributed by atoms with van der Waals surface area (Å²) in [5, 5.41) is 11.4. The van der Waals surface area contributed by atoms with Crippen molar-refractivity contribution in [1.82, 2.24) is 4.31 Å². The first kappa shape index (κ1) is 14.0. The molecule has 1 amide bonds. The van der Waals surface area contributed by atoms with Gasteiger partial charge in [-0.05, 0) is 12.0 Å². The fourth-order valence-electron chi connectivity index (χ4n) is 1.74. The molecule has 9 heteroatoms. The lowest BCUT2D eigenvalue weighted by atomic mass is 10.1. The van der Waals surface area contributed by atoms with Gasteiger partial charge in [0, 0.05) is 6.54 Å². The van der Waals surface area contributed by atoms with Gasteiger partial charge in [0.25, 0.3) is 5.91 Å². The number of carbonyl (C=O) groups excluding carboxylic acids is 1. The Bertz CT molecular complexity index is 682. The van der Waals surface area contributed by atoms with Crippen LogP contribution in [0, 0.1) is 0 Å². The van der Waals surface area contributed by atoms with E-state index >= 15 is 0 Å². The van der Waals surface area contributed by atoms with E-state index in [0.29, 0.717) is 10.7 Å². The van der Waals surface area contributed by atoms with Crippen LogP contribution >= 0.6 is 0 Å². The first-order chi connectivity index (χ1) is 9.45. The number of hydrogen-bond donors (Lipinski definition) is 2. The van der Waals surface area contributed by atoms with Crippen LogP contribution in [0.25, 0.3) is 0 Å². The average Bonchev–Trinajstić information content (AvgIpc) is 2.38. The minimum atomic E-state index is -4.18. The molecule has 0 spiro atoms. The Balaban J connectivity index is 2.25. The van der Waals surface area contributed by atoms with Crippen LogP contribution in [-0.2, 0) is 21.4 Å². The molecule has 0 fully saturated rings. The van der Waals surface area contributed by atoms with Crippen molar-refractivity contribution in [3.05, 3.63) is 35.9 Å². The van der Waals surface area contributed by atoms with Gasteiger partial charge < -0.3 is 10.9 Å². The van der Waals surface area contributed by atoms with Gasteiger partial charge in [-0.2, -0.15) is 8.42 Å². The number of benzene rings is 1. The van der Waals surface area contributed by atoms with Crippen molar-refractivity contribution >= 4 is 27.7 Å². The Kier molecular flexibility index (Phi) is 3.70. The van der Waals surface area contributed by atoms with E-state index in [4.69, 9.17) is 10.9 Å². The minimum Gasteiger partial charge on any atom is -0.410 e. The Morgan fingerprint density at radius 2 is 1.95 bits per heavy atom. The van der Waals surface area contributed by atoms with Gasteiger partial charge in [-0.3, -0.25) is 4.79 Å². The van der Waals surface area contributed by atoms with E-state index in [9.17, 15) is 13.2 Å². The summed E-state index contributed by atoms with van der Waals surface area (Å²) in [6.45, 7) is -0.110. The number of nitrogens with zero attached hydrogens (tertiary/aromatic N) is 3. The predicted molar refractivity (Wildman–Crippen MR) is 71.6 cm³/mol. The van der Waals surface area contributed by atoms with Gasteiger partial charge in [0.2, 0.25) is 5.71 Å². The standard InChI is InChI=1S/C11H12N4O4S/c12-10-9(13-17)11(16)15(20(18,19)14-10)7-6-8-4-2-1-3-5-8/h1-5,17H,6-7H2,(H2,12,14)/b13-9-. The number of carbonyl (C=O) groups is 1. The van der Waals surface area contributed by atoms with Crippen molar-refractivity contribution in [1.29, 1.82) is 0 Å². The van der Waals surface area contributed by atoms with Gasteiger partial charge >= 0.3 is 10.2 Å². The smallest absolute Gasteiger partial charge is 0.349 e. The van der Waals surface area contributed by atoms with Gasteiger partial charge in [-0.1, -0.05) is 35.5 Å². The van der Waals surface area contributed by atoms with E-state index in [1.807, 2.05) is 6.07 Å². The monoisotopic (exact) mass is 296 g/mol. The molecule has 0 radical (unpaired) electrons. The van der Waals surface area contributed by atoms with Crippen LogP contribution in [0.5, 0.6) is 0 Å². The number of amidine groups is 1. The van der Waals surface area contributed by atoms with Crippen molar-refractivity contribution in [2.75, 3.05) is 6.54 Å². The third-order valence-corrected chi connectivity index (χ3v) is 4.04. The van der Waals surface area contributed by atoms with E-state index in [2.05, 4.69) is 9.55 Å². The first-order valence-corrected chi connectivity index (χ1v) is 7.04. The third-order valence-electron chi connectivity index (χ3n) is 2.71. The highest BCUT2D eigenvalue weighted by Crippen LogP contribution is 2.13. The molecule has 3 N–H and O–H groups in total. The summed E-state index contributed by atoms with van der Waals surface area (Å²) in [5.74, 6) is -1.61. The van der Waals surface area contributed by atoms with Gasteiger partial charge in [-0.15, -0.1) is 4.40 Å². The minimum absolute atomic E-state index is 0.110. The molecule has 0 bridgehead atoms. The molecule has 1 aromatic carbocycles. The zero-order valence-corrected chi connectivity index (χ0v) is 11.1. The fraction of sp³-hybridized carbons (Fsp3) is 0.182. The maximum Gasteiger partial charge on any atom is 0.349 e. The number of nitrogens with two attached hydrogens (primary N) is 1. The van der Waals surface area contributed by atoms with E-state index in [1.165, 1.54) is 0 Å². The van der Waals surface area contributed by atoms with Gasteiger partial charge in [0.05, 0.1) is 0 Å². The Morgan fingerprint density at radius 3 is 2.55 bits per heavy atom. The Morgan fingerprint density at radius 1 is 1.30 bits per heavy atom. The van der Waals surface area contributed by atoms with E-state index in [1.54, 1.807) is 24.3 Å². The molecule has 0 aliphatic carbocycles. The van der Waals surface area contributed by atoms with Crippen molar-refractivity contribution in [2.45, 2.75) is 6.42 Å². The number of hydrogen-bond acceptors (Lipinski definition) is 6. The molecule has 106 valence electrons. The number of rotatable bonds is 3. The Hall–Kier alpha value is -2.42. The molecule has 1 heterocycles. The molecule has 2 rings (SSSR count). The molecule has 1 aromatic rings. The second-order valence-electron chi connectivity index (χ2n) is 4.02. The number of oxime groups is 1. The summed E-state index contributed by atoms with van der Waals surface area (Å²) in [4.78, 5) is 11.9. The van der Waals surface area contributed by atoms with Crippen LogP contribution < -0.4 is 5.73 Å². The highest BCUT2D eigenvalue weighted by molar-refractivity contribution is 7.89. The molecule has 1 aliphatic rings. The zero-order valence-electron chi connectivity index (χ0n) is 10.3. The van der Waals surface area contributed by atoms with Gasteiger partial charge in [0.15, 0.2) is 5.84 Å². The molecule has 0 saturated carbocycles. The topological polar surface area (TPSA) is 125 Å². The average molecular weight is 296 g/mol. The third kappa shape index (κ3) is 2.62. The molecule has 8 nitrogen and oxygen atoms in total. The molecule has 0 aromatic heterocycles. The van der Waals surface area contributed by atoms with E-state index in [0.717, 1.165) is 5.56 Å². The van der Waals surface area contributed by atoms with E-state index < -0.39 is 27.7 Å². The lowest BCUT2D eigenvalue weighted by molar-refractivity contribution is -0.119. The highest BCUT2D eigenvalue weighted by atomic mass is 32.2. The second-order valence-corrected chi connectivity index (χ2v) is 5.53. The summed E-state index contributed by atoms with van der Waals surface area (Å²) in [6.07, 6.45) is 0.319. The van der Waals surface area contributed by atoms with Gasteiger partial charge in [-0.25, -0.2) is 4.31 Å². The summed E-state index contributed by atoms with van der Waals surface area (Å²) in [7, 11) is -4.18. The zero-order chi connectivity index (χ0) is 14.8. The quantitative estimate of drug-likeness (QED) is 0.574. The van der Waals surface area contributed by atoms with Crippen LogP contribution in [0.1, 0.15) is 5.56 Å². The van der Waals surface area contributed by atoms with Crippen LogP contribution in [0.4, 0.5) is 0 Å². The molecule has 20 heavy (non-hydrogen) atoms. The molecular formula is C11H12N4O4S. The summed E-state index contributed by atoms with van der Waals surface area (Å²) in [6, 6.07) is 9.05. The predicted octanol–water partition coefficient (Wildman–Crippen LogP) is -0.497. The molecule has 0 atom stereocenters. The van der Waals surface area contributed by atoms with Crippen LogP contribution in [-0.4, -0.2) is 41.9 Å². The SMILES string of the molecule is NC1=NS(=O)(=O)N(CCc2ccccc2)C(=O)/C1=N\O. The van der Waals surface area contributed by atoms with Crippen LogP contribution in [0.15, 0.2) is 39.9 Å². The molecule has 0 unspecified atom stereocenters. The number of amides is 1. The normalized spacial score (nSPS) is 20.0. The van der Waals surface area contributed by atoms with Crippen LogP contribution in [0.3, 0.4) is 0 Å². The molecule has 0 saturated heterocycles. The summed E-state index contributed by atoms with van der Waals surface area (Å²) >= 11 is 0. The molecule has 1 aliphatic heterocycles. The van der Waals surface area contributed by atoms with Gasteiger partial charge in [0.1, 0.15) is 0 Å². The lowest BCUT2D eigenvalue weighted by Gasteiger charge is -2.23. The van der Waals surface area contributed by atoms with Crippen molar-refractivity contribution in [2.24, 2.45) is 15.3 Å². The van der Waals surface area contributed by atoms with Crippen LogP contribution in [0.2, 0.25) is 0 Å². The summed E-state index contributed by atoms with van der Waals surface area (Å²) < 4.78 is 27.3. The highest BCUT2D eigenvalue weighted by Gasteiger charge is 2.37. The largest absolute Gasteiger partial charge is 0.410 e. The first-order valence-electron chi connectivity index (χ1n) is 5.64. The lowest BCUT2D eigenvalue weighted by Crippen LogP contribution is -2.50. The van der Waals surface area contributed by atoms with Crippen molar-refractivity contribution in [3.8, 4) is 0 Å². The Labute approximate surface area is 115 Å². The second kappa shape index (κ2) is 5.29. The van der Waals surface area contributed by atoms with Crippen molar-refractivity contribution < 1.29 is 18.4 Å². The molecular weight excluding hydrogens is 284 g/mol. The summed E-state index contributed by atoms with van der Waals surface area (Å²) in [5.41, 5.74) is 5.54. The maximum absolute atomic E-state index is 11.9. The van der Waals surface area contributed by atoms with E-state index in [-0.39, 0.29) is 6.54 Å². The maximum atomic E-state index is 11.9.